The van der Waals surface area contributed by atoms with E-state index in [9.17, 15) is 4.79 Å². The minimum atomic E-state index is -0.530. The summed E-state index contributed by atoms with van der Waals surface area (Å²) in [7, 11) is 2.02. The van der Waals surface area contributed by atoms with Gasteiger partial charge in [-0.15, -0.1) is 0 Å². The third-order valence-electron chi connectivity index (χ3n) is 2.80. The number of likely N-dealkylation sites (N-methyl/N-ethyl adjacent to an activating group) is 1. The van der Waals surface area contributed by atoms with E-state index in [0.29, 0.717) is 6.54 Å². The molecular formula is C13H16N5O. The Bertz CT molecular complexity index is 537. The van der Waals surface area contributed by atoms with Crippen molar-refractivity contribution in [2.24, 2.45) is 5.73 Å². The Labute approximate surface area is 111 Å². The fraction of sp³-hybridized carbons (Fsp3) is 0.308. The summed E-state index contributed by atoms with van der Waals surface area (Å²) in [6, 6.07) is 3.96. The molecule has 2 N–H and O–H groups in total. The van der Waals surface area contributed by atoms with Crippen molar-refractivity contribution < 1.29 is 4.79 Å². The minimum absolute atomic E-state index is 0.248. The van der Waals surface area contributed by atoms with E-state index < -0.39 is 5.91 Å². The van der Waals surface area contributed by atoms with Crippen molar-refractivity contribution in [3.05, 3.63) is 48.3 Å². The maximum atomic E-state index is 11.1. The quantitative estimate of drug-likeness (QED) is 0.809. The number of carbonyl (C=O) groups excluding carboxylic acids is 1. The fourth-order valence-corrected chi connectivity index (χ4v) is 1.81. The summed E-state index contributed by atoms with van der Waals surface area (Å²) in [5.41, 5.74) is 6.43. The molecule has 1 amide bonds. The van der Waals surface area contributed by atoms with Crippen molar-refractivity contribution in [2.75, 3.05) is 13.6 Å². The molecule has 1 radical (unpaired) electrons. The smallest absolute Gasteiger partial charge is 0.284 e. The standard InChI is InChI=1S/C13H16N5O/c1-17(10-11-2-4-15-5-3-11)8-9-18-7-6-16-13(18)12(14)19/h2-5,7H,8-10H2,1H3,(H2,14,19). The second-order valence-corrected chi connectivity index (χ2v) is 4.34. The zero-order valence-corrected chi connectivity index (χ0v) is 10.8. The predicted molar refractivity (Wildman–Crippen MR) is 70.2 cm³/mol. The van der Waals surface area contributed by atoms with Crippen molar-refractivity contribution in [2.45, 2.75) is 13.1 Å². The van der Waals surface area contributed by atoms with Gasteiger partial charge in [-0.1, -0.05) is 0 Å². The Kier molecular flexibility index (Phi) is 4.25. The van der Waals surface area contributed by atoms with Crippen LogP contribution in [0.25, 0.3) is 0 Å². The van der Waals surface area contributed by atoms with E-state index in [-0.39, 0.29) is 5.82 Å². The largest absolute Gasteiger partial charge is 0.363 e. The monoisotopic (exact) mass is 258 g/mol. The zero-order chi connectivity index (χ0) is 13.7. The van der Waals surface area contributed by atoms with E-state index in [4.69, 9.17) is 5.73 Å². The van der Waals surface area contributed by atoms with Gasteiger partial charge in [0.15, 0.2) is 5.82 Å². The molecular weight excluding hydrogens is 242 g/mol. The third-order valence-corrected chi connectivity index (χ3v) is 2.80. The van der Waals surface area contributed by atoms with Gasteiger partial charge in [0, 0.05) is 38.2 Å². The van der Waals surface area contributed by atoms with Gasteiger partial charge in [-0.2, -0.15) is 0 Å². The van der Waals surface area contributed by atoms with Crippen molar-refractivity contribution in [1.82, 2.24) is 19.4 Å². The normalized spacial score (nSPS) is 10.8. The van der Waals surface area contributed by atoms with E-state index in [1.807, 2.05) is 19.2 Å². The molecule has 0 aromatic carbocycles. The van der Waals surface area contributed by atoms with Gasteiger partial charge in [0.25, 0.3) is 5.91 Å². The Morgan fingerprint density at radius 1 is 1.47 bits per heavy atom. The van der Waals surface area contributed by atoms with Crippen molar-refractivity contribution in [3.63, 3.8) is 0 Å². The van der Waals surface area contributed by atoms with Gasteiger partial charge in [-0.3, -0.25) is 9.78 Å². The number of imidazole rings is 1. The molecule has 0 spiro atoms. The molecule has 0 unspecified atom stereocenters. The number of rotatable bonds is 6. The molecule has 0 fully saturated rings. The molecule has 2 aromatic rings. The molecule has 6 nitrogen and oxygen atoms in total. The lowest BCUT2D eigenvalue weighted by atomic mass is 10.2. The highest BCUT2D eigenvalue weighted by atomic mass is 16.1. The maximum Gasteiger partial charge on any atom is 0.284 e. The molecule has 0 aliphatic carbocycles. The molecule has 19 heavy (non-hydrogen) atoms. The van der Waals surface area contributed by atoms with Gasteiger partial charge in [0.05, 0.1) is 0 Å². The highest BCUT2D eigenvalue weighted by Gasteiger charge is 2.09. The average Bonchev–Trinajstić information content (AvgIpc) is 2.86. The lowest BCUT2D eigenvalue weighted by molar-refractivity contribution is 0.0985. The first kappa shape index (κ1) is 13.2. The second kappa shape index (κ2) is 6.10. The summed E-state index contributed by atoms with van der Waals surface area (Å²) in [6.45, 7) is 2.26. The van der Waals surface area contributed by atoms with Crippen molar-refractivity contribution in [1.29, 1.82) is 0 Å². The van der Waals surface area contributed by atoms with Crippen LogP contribution in [0.1, 0.15) is 16.2 Å². The molecule has 2 aromatic heterocycles. The van der Waals surface area contributed by atoms with Gasteiger partial charge < -0.3 is 15.2 Å². The fourth-order valence-electron chi connectivity index (χ4n) is 1.81. The van der Waals surface area contributed by atoms with Gasteiger partial charge in [-0.05, 0) is 24.7 Å². The van der Waals surface area contributed by atoms with Crippen LogP contribution in [0.15, 0.2) is 30.7 Å². The molecule has 0 aliphatic heterocycles. The molecule has 2 rings (SSSR count). The maximum absolute atomic E-state index is 11.1. The Morgan fingerprint density at radius 3 is 2.89 bits per heavy atom. The number of amides is 1. The second-order valence-electron chi connectivity index (χ2n) is 4.34. The van der Waals surface area contributed by atoms with E-state index in [1.54, 1.807) is 23.2 Å². The van der Waals surface area contributed by atoms with Crippen LogP contribution in [0, 0.1) is 6.20 Å². The molecule has 6 heteroatoms. The number of nitrogens with zero attached hydrogens (tertiary/aromatic N) is 4. The molecule has 2 heterocycles. The van der Waals surface area contributed by atoms with Crippen LogP contribution in [0.4, 0.5) is 0 Å². The van der Waals surface area contributed by atoms with Crippen LogP contribution < -0.4 is 5.73 Å². The number of hydrogen-bond acceptors (Lipinski definition) is 4. The van der Waals surface area contributed by atoms with E-state index in [0.717, 1.165) is 13.1 Å². The average molecular weight is 258 g/mol. The van der Waals surface area contributed by atoms with Gasteiger partial charge in [0.1, 0.15) is 6.20 Å². The zero-order valence-electron chi connectivity index (χ0n) is 10.8. The van der Waals surface area contributed by atoms with Gasteiger partial charge >= 0.3 is 0 Å². The van der Waals surface area contributed by atoms with Gasteiger partial charge in [-0.25, -0.2) is 4.98 Å². The van der Waals surface area contributed by atoms with Gasteiger partial charge in [0.2, 0.25) is 0 Å². The van der Waals surface area contributed by atoms with Crippen LogP contribution in [-0.4, -0.2) is 38.9 Å². The Hall–Kier alpha value is -2.21. The number of aromatic nitrogens is 3. The third kappa shape index (κ3) is 3.62. The Morgan fingerprint density at radius 2 is 2.21 bits per heavy atom. The first-order chi connectivity index (χ1) is 9.16. The van der Waals surface area contributed by atoms with Crippen LogP contribution in [0.3, 0.4) is 0 Å². The summed E-state index contributed by atoms with van der Waals surface area (Å²) in [5.74, 6) is -0.282. The lowest BCUT2D eigenvalue weighted by Crippen LogP contribution is -2.25. The first-order valence-electron chi connectivity index (χ1n) is 5.97. The highest BCUT2D eigenvalue weighted by Crippen LogP contribution is 2.02. The minimum Gasteiger partial charge on any atom is -0.363 e. The van der Waals surface area contributed by atoms with Crippen molar-refractivity contribution in [3.8, 4) is 0 Å². The van der Waals surface area contributed by atoms with Crippen LogP contribution in [0.2, 0.25) is 0 Å². The van der Waals surface area contributed by atoms with E-state index >= 15 is 0 Å². The summed E-state index contributed by atoms with van der Waals surface area (Å²) in [6.07, 6.45) is 7.83. The number of nitrogens with two attached hydrogens (primary N) is 1. The molecule has 0 bridgehead atoms. The Balaban J connectivity index is 1.88. The molecule has 0 saturated carbocycles. The molecule has 99 valence electrons. The van der Waals surface area contributed by atoms with E-state index in [1.165, 1.54) is 5.56 Å². The number of hydrogen-bond donors (Lipinski definition) is 1. The summed E-state index contributed by atoms with van der Waals surface area (Å²) in [5, 5.41) is 0. The molecule has 0 aliphatic rings. The summed E-state index contributed by atoms with van der Waals surface area (Å²) < 4.78 is 1.71. The van der Waals surface area contributed by atoms with Crippen LogP contribution >= 0.6 is 0 Å². The van der Waals surface area contributed by atoms with E-state index in [2.05, 4.69) is 21.1 Å². The summed E-state index contributed by atoms with van der Waals surface area (Å²) in [4.78, 5) is 21.1. The predicted octanol–water partition coefficient (Wildman–Crippen LogP) is 0.309. The van der Waals surface area contributed by atoms with Crippen LogP contribution in [0.5, 0.6) is 0 Å². The highest BCUT2D eigenvalue weighted by molar-refractivity contribution is 5.89. The lowest BCUT2D eigenvalue weighted by Gasteiger charge is -2.17. The topological polar surface area (TPSA) is 77.0 Å². The first-order valence-corrected chi connectivity index (χ1v) is 5.97. The SMILES string of the molecule is CN(CCn1c[c]nc1C(N)=O)Cc1ccncc1. The number of pyridine rings is 1. The summed E-state index contributed by atoms with van der Waals surface area (Å²) >= 11 is 0. The van der Waals surface area contributed by atoms with Crippen molar-refractivity contribution >= 4 is 5.91 Å². The van der Waals surface area contributed by atoms with Crippen LogP contribution in [-0.2, 0) is 13.1 Å². The number of primary amides is 1. The number of carbonyl (C=O) groups is 1. The molecule has 0 saturated heterocycles. The molecule has 0 atom stereocenters.